The lowest BCUT2D eigenvalue weighted by Crippen LogP contribution is -2.42. The Bertz CT molecular complexity index is 260. The third kappa shape index (κ3) is 5.29. The van der Waals surface area contributed by atoms with E-state index in [9.17, 15) is 4.79 Å². The molecule has 5 nitrogen and oxygen atoms in total. The van der Waals surface area contributed by atoms with Crippen molar-refractivity contribution in [1.82, 2.24) is 9.80 Å². The van der Waals surface area contributed by atoms with E-state index in [1.54, 1.807) is 14.1 Å². The SMILES string of the molecule is CC.COC(=O)N(C)C.COCC12CCCN1CCC2. The van der Waals surface area contributed by atoms with E-state index in [1.165, 1.54) is 50.8 Å². The second kappa shape index (κ2) is 10.00. The monoisotopic (exact) mass is 288 g/mol. The molecule has 5 heteroatoms. The van der Waals surface area contributed by atoms with Gasteiger partial charge < -0.3 is 14.4 Å². The molecule has 0 aliphatic carbocycles. The lowest BCUT2D eigenvalue weighted by atomic mass is 9.95. The summed E-state index contributed by atoms with van der Waals surface area (Å²) in [5.74, 6) is 0. The number of hydrogen-bond donors (Lipinski definition) is 0. The Kier molecular flexibility index (Phi) is 9.59. The minimum atomic E-state index is -0.319. The lowest BCUT2D eigenvalue weighted by Gasteiger charge is -2.30. The van der Waals surface area contributed by atoms with Crippen LogP contribution >= 0.6 is 0 Å². The fourth-order valence-corrected chi connectivity index (χ4v) is 2.91. The van der Waals surface area contributed by atoms with Crippen LogP contribution in [-0.4, -0.2) is 69.4 Å². The number of nitrogens with zero attached hydrogens (tertiary/aromatic N) is 2. The van der Waals surface area contributed by atoms with Crippen LogP contribution in [0.5, 0.6) is 0 Å². The molecule has 0 saturated carbocycles. The number of fused-ring (bicyclic) bond motifs is 1. The summed E-state index contributed by atoms with van der Waals surface area (Å²) in [6.45, 7) is 7.57. The Hall–Kier alpha value is -0.810. The molecule has 0 bridgehead atoms. The van der Waals surface area contributed by atoms with Crippen LogP contribution in [0.25, 0.3) is 0 Å². The molecule has 0 N–H and O–H groups in total. The highest BCUT2D eigenvalue weighted by Crippen LogP contribution is 2.38. The summed E-state index contributed by atoms with van der Waals surface area (Å²) in [5, 5.41) is 0. The van der Waals surface area contributed by atoms with Gasteiger partial charge in [-0.2, -0.15) is 0 Å². The first-order valence-electron chi connectivity index (χ1n) is 7.55. The van der Waals surface area contributed by atoms with Crippen molar-refractivity contribution >= 4 is 6.09 Å². The van der Waals surface area contributed by atoms with E-state index in [2.05, 4.69) is 9.64 Å². The van der Waals surface area contributed by atoms with E-state index in [1.807, 2.05) is 21.0 Å². The van der Waals surface area contributed by atoms with Gasteiger partial charge in [-0.1, -0.05) is 13.8 Å². The summed E-state index contributed by atoms with van der Waals surface area (Å²) in [6.07, 6.45) is 5.16. The van der Waals surface area contributed by atoms with Crippen LogP contribution < -0.4 is 0 Å². The molecular formula is C15H32N2O3. The summed E-state index contributed by atoms with van der Waals surface area (Å²) in [6, 6.07) is 0. The van der Waals surface area contributed by atoms with Gasteiger partial charge in [0.2, 0.25) is 0 Å². The molecule has 2 rings (SSSR count). The quantitative estimate of drug-likeness (QED) is 0.783. The molecule has 2 aliphatic heterocycles. The maximum Gasteiger partial charge on any atom is 0.408 e. The molecule has 2 fully saturated rings. The van der Waals surface area contributed by atoms with Gasteiger partial charge in [-0.3, -0.25) is 4.90 Å². The number of rotatable bonds is 2. The molecule has 0 radical (unpaired) electrons. The number of hydrogen-bond acceptors (Lipinski definition) is 4. The van der Waals surface area contributed by atoms with Crippen LogP contribution in [0.1, 0.15) is 39.5 Å². The Morgan fingerprint density at radius 1 is 1.15 bits per heavy atom. The van der Waals surface area contributed by atoms with Crippen LogP contribution in [0, 0.1) is 0 Å². The van der Waals surface area contributed by atoms with E-state index in [0.717, 1.165) is 6.61 Å². The predicted molar refractivity (Wildman–Crippen MR) is 82.1 cm³/mol. The number of ether oxygens (including phenoxy) is 2. The molecular weight excluding hydrogens is 256 g/mol. The minimum absolute atomic E-state index is 0.319. The fraction of sp³-hybridized carbons (Fsp3) is 0.933. The molecule has 2 aliphatic rings. The van der Waals surface area contributed by atoms with Crippen molar-refractivity contribution in [2.24, 2.45) is 0 Å². The zero-order valence-corrected chi connectivity index (χ0v) is 14.1. The van der Waals surface area contributed by atoms with E-state index in [0.29, 0.717) is 5.54 Å². The smallest absolute Gasteiger partial charge is 0.408 e. The highest BCUT2D eigenvalue weighted by molar-refractivity contribution is 5.66. The van der Waals surface area contributed by atoms with Crippen molar-refractivity contribution < 1.29 is 14.3 Å². The molecule has 120 valence electrons. The van der Waals surface area contributed by atoms with Crippen molar-refractivity contribution in [2.45, 2.75) is 45.1 Å². The lowest BCUT2D eigenvalue weighted by molar-refractivity contribution is 0.0655. The first kappa shape index (κ1) is 19.2. The molecule has 2 saturated heterocycles. The maximum absolute atomic E-state index is 10.2. The third-order valence-corrected chi connectivity index (χ3v) is 3.76. The minimum Gasteiger partial charge on any atom is -0.453 e. The van der Waals surface area contributed by atoms with Crippen LogP contribution in [0.15, 0.2) is 0 Å². The van der Waals surface area contributed by atoms with Gasteiger partial charge in [0.05, 0.1) is 13.7 Å². The van der Waals surface area contributed by atoms with E-state index < -0.39 is 0 Å². The molecule has 0 aromatic rings. The molecule has 0 atom stereocenters. The average molecular weight is 288 g/mol. The highest BCUT2D eigenvalue weighted by atomic mass is 16.5. The first-order chi connectivity index (χ1) is 9.55. The van der Waals surface area contributed by atoms with Crippen molar-refractivity contribution in [3.05, 3.63) is 0 Å². The van der Waals surface area contributed by atoms with Gasteiger partial charge in [-0.25, -0.2) is 4.79 Å². The average Bonchev–Trinajstić information content (AvgIpc) is 3.00. The molecule has 0 spiro atoms. The Morgan fingerprint density at radius 3 is 1.95 bits per heavy atom. The van der Waals surface area contributed by atoms with Gasteiger partial charge >= 0.3 is 6.09 Å². The molecule has 0 aromatic heterocycles. The number of carbonyl (C=O) groups is 1. The van der Waals surface area contributed by atoms with E-state index in [-0.39, 0.29) is 6.09 Å². The zero-order chi connectivity index (χ0) is 15.6. The number of carbonyl (C=O) groups excluding carboxylic acids is 1. The summed E-state index contributed by atoms with van der Waals surface area (Å²) < 4.78 is 9.59. The van der Waals surface area contributed by atoms with E-state index >= 15 is 0 Å². The van der Waals surface area contributed by atoms with Crippen LogP contribution in [0.4, 0.5) is 4.79 Å². The van der Waals surface area contributed by atoms with Crippen molar-refractivity contribution in [2.75, 3.05) is 48.0 Å². The third-order valence-electron chi connectivity index (χ3n) is 3.76. The Labute approximate surface area is 124 Å². The second-order valence-electron chi connectivity index (χ2n) is 5.22. The largest absolute Gasteiger partial charge is 0.453 e. The molecule has 0 aromatic carbocycles. The van der Waals surface area contributed by atoms with Gasteiger partial charge in [-0.15, -0.1) is 0 Å². The number of amides is 1. The van der Waals surface area contributed by atoms with Gasteiger partial charge in [-0.05, 0) is 38.8 Å². The summed E-state index contributed by atoms with van der Waals surface area (Å²) in [4.78, 5) is 14.2. The molecule has 20 heavy (non-hydrogen) atoms. The molecule has 1 amide bonds. The second-order valence-corrected chi connectivity index (χ2v) is 5.22. The van der Waals surface area contributed by atoms with Crippen LogP contribution in [-0.2, 0) is 9.47 Å². The summed E-state index contributed by atoms with van der Waals surface area (Å²) >= 11 is 0. The van der Waals surface area contributed by atoms with E-state index in [4.69, 9.17) is 4.74 Å². The van der Waals surface area contributed by atoms with Crippen LogP contribution in [0.2, 0.25) is 0 Å². The van der Waals surface area contributed by atoms with Crippen LogP contribution in [0.3, 0.4) is 0 Å². The summed E-state index contributed by atoms with van der Waals surface area (Å²) in [5.41, 5.74) is 0.467. The fourth-order valence-electron chi connectivity index (χ4n) is 2.91. The Balaban J connectivity index is 0.000000352. The van der Waals surface area contributed by atoms with Crippen molar-refractivity contribution in [1.29, 1.82) is 0 Å². The van der Waals surface area contributed by atoms with Crippen molar-refractivity contribution in [3.8, 4) is 0 Å². The zero-order valence-electron chi connectivity index (χ0n) is 14.1. The van der Waals surface area contributed by atoms with Gasteiger partial charge in [0.1, 0.15) is 0 Å². The van der Waals surface area contributed by atoms with Gasteiger partial charge in [0.15, 0.2) is 0 Å². The molecule has 2 heterocycles. The Morgan fingerprint density at radius 2 is 1.65 bits per heavy atom. The van der Waals surface area contributed by atoms with Crippen molar-refractivity contribution in [3.63, 3.8) is 0 Å². The summed E-state index contributed by atoms with van der Waals surface area (Å²) in [7, 11) is 6.43. The number of methoxy groups -OCH3 is 2. The van der Waals surface area contributed by atoms with Gasteiger partial charge in [0, 0.05) is 26.7 Å². The van der Waals surface area contributed by atoms with Gasteiger partial charge in [0.25, 0.3) is 0 Å². The highest BCUT2D eigenvalue weighted by Gasteiger charge is 2.43. The topological polar surface area (TPSA) is 42.0 Å². The molecule has 0 unspecified atom stereocenters. The normalized spacial score (nSPS) is 19.1. The predicted octanol–water partition coefficient (Wildman–Crippen LogP) is 2.60. The standard InChI is InChI=1S/C9H17NO.C4H9NO2.C2H6/c1-11-8-9-4-2-6-10(9)7-3-5-9;1-5(2)4(6)7-3;1-2/h2-8H2,1H3;1-3H3;1-2H3. The first-order valence-corrected chi connectivity index (χ1v) is 7.55. The maximum atomic E-state index is 10.2.